The number of carbonyl (C=O) groups excluding carboxylic acids is 2. The zero-order valence-electron chi connectivity index (χ0n) is 25.3. The number of hydrogen-bond acceptors (Lipinski definition) is 8. The van der Waals surface area contributed by atoms with Crippen LogP contribution in [0.15, 0.2) is 48.0 Å². The molecule has 9 nitrogen and oxygen atoms in total. The van der Waals surface area contributed by atoms with Gasteiger partial charge in [0.25, 0.3) is 11.7 Å². The molecule has 1 N–H and O–H groups in total. The van der Waals surface area contributed by atoms with Gasteiger partial charge in [0.2, 0.25) is 0 Å². The summed E-state index contributed by atoms with van der Waals surface area (Å²) in [4.78, 5) is 30.7. The van der Waals surface area contributed by atoms with Gasteiger partial charge in [0, 0.05) is 31.7 Å². The number of amides is 1. The summed E-state index contributed by atoms with van der Waals surface area (Å²) in [6, 6.07) is 11.6. The van der Waals surface area contributed by atoms with Crippen LogP contribution >= 0.6 is 0 Å². The van der Waals surface area contributed by atoms with Gasteiger partial charge in [-0.2, -0.15) is 0 Å². The third-order valence-corrected chi connectivity index (χ3v) is 7.52. The fourth-order valence-corrected chi connectivity index (χ4v) is 5.17. The smallest absolute Gasteiger partial charge is 0.295 e. The number of carbonyl (C=O) groups is 2. The minimum Gasteiger partial charge on any atom is -0.507 e. The van der Waals surface area contributed by atoms with E-state index in [2.05, 4.69) is 25.7 Å². The fraction of sp³-hybridized carbons (Fsp3) is 0.515. The number of Topliss-reactive ketones (excluding diaryl/α,β-unsaturated/α-hetero) is 1. The van der Waals surface area contributed by atoms with Crippen LogP contribution in [0.1, 0.15) is 57.2 Å². The lowest BCUT2D eigenvalue weighted by Gasteiger charge is -2.31. The van der Waals surface area contributed by atoms with E-state index in [-0.39, 0.29) is 11.3 Å². The molecule has 2 aromatic rings. The quantitative estimate of drug-likeness (QED) is 0.144. The van der Waals surface area contributed by atoms with Gasteiger partial charge in [-0.3, -0.25) is 14.5 Å². The number of rotatable bonds is 14. The van der Waals surface area contributed by atoms with Gasteiger partial charge in [0.1, 0.15) is 11.5 Å². The standard InChI is InChI=1S/C33H44N2O7/c1-5-6-7-18-41-27-13-10-25(21-28(27)39-4)30-29(31(36)24-8-11-26(12-9-24)42-22-23(2)3)32(37)33(38)35(30)15-14-34-16-19-40-20-17-34/h8-13,21,23,30,36H,5-7,14-20,22H2,1-4H3/b31-29+. The highest BCUT2D eigenvalue weighted by molar-refractivity contribution is 6.46. The van der Waals surface area contributed by atoms with Crippen LogP contribution in [0, 0.1) is 5.92 Å². The van der Waals surface area contributed by atoms with Crippen LogP contribution in [0.4, 0.5) is 0 Å². The van der Waals surface area contributed by atoms with Gasteiger partial charge < -0.3 is 29.0 Å². The van der Waals surface area contributed by atoms with E-state index >= 15 is 0 Å². The number of likely N-dealkylation sites (tertiary alicyclic amines) is 1. The molecule has 2 heterocycles. The predicted molar refractivity (Wildman–Crippen MR) is 161 cm³/mol. The number of aliphatic hydroxyl groups excluding tert-OH is 1. The number of benzene rings is 2. The van der Waals surface area contributed by atoms with Crippen LogP contribution in [-0.2, 0) is 14.3 Å². The second-order valence-electron chi connectivity index (χ2n) is 11.1. The maximum Gasteiger partial charge on any atom is 0.295 e. The molecule has 1 atom stereocenters. The molecule has 0 aromatic heterocycles. The van der Waals surface area contributed by atoms with Crippen molar-refractivity contribution in [2.24, 2.45) is 5.92 Å². The molecule has 2 saturated heterocycles. The maximum atomic E-state index is 13.5. The van der Waals surface area contributed by atoms with Crippen molar-refractivity contribution in [2.75, 3.05) is 59.7 Å². The van der Waals surface area contributed by atoms with E-state index in [4.69, 9.17) is 18.9 Å². The molecule has 4 rings (SSSR count). The molecule has 0 radical (unpaired) electrons. The second kappa shape index (κ2) is 15.1. The molecule has 2 aliphatic heterocycles. The Hall–Kier alpha value is -3.56. The van der Waals surface area contributed by atoms with Crippen molar-refractivity contribution in [1.82, 2.24) is 9.80 Å². The summed E-state index contributed by atoms with van der Waals surface area (Å²) in [6.45, 7) is 11.1. The molecule has 0 saturated carbocycles. The number of unbranched alkanes of at least 4 members (excludes halogenated alkanes) is 2. The van der Waals surface area contributed by atoms with Crippen molar-refractivity contribution in [3.63, 3.8) is 0 Å². The summed E-state index contributed by atoms with van der Waals surface area (Å²) < 4.78 is 22.9. The molecule has 1 unspecified atom stereocenters. The van der Waals surface area contributed by atoms with Gasteiger partial charge in [0.05, 0.1) is 45.2 Å². The summed E-state index contributed by atoms with van der Waals surface area (Å²) in [5, 5.41) is 11.5. The predicted octanol–water partition coefficient (Wildman–Crippen LogP) is 5.05. The van der Waals surface area contributed by atoms with Crippen molar-refractivity contribution in [3.8, 4) is 17.2 Å². The summed E-state index contributed by atoms with van der Waals surface area (Å²) in [5.74, 6) is 0.582. The Balaban J connectivity index is 1.68. The maximum absolute atomic E-state index is 13.5. The number of hydrogen-bond donors (Lipinski definition) is 1. The molecule has 1 amide bonds. The lowest BCUT2D eigenvalue weighted by atomic mass is 9.95. The van der Waals surface area contributed by atoms with Crippen molar-refractivity contribution in [3.05, 3.63) is 59.2 Å². The van der Waals surface area contributed by atoms with Crippen molar-refractivity contribution >= 4 is 17.4 Å². The van der Waals surface area contributed by atoms with Crippen LogP contribution in [0.5, 0.6) is 17.2 Å². The third kappa shape index (κ3) is 7.63. The third-order valence-electron chi connectivity index (χ3n) is 7.52. The van der Waals surface area contributed by atoms with Crippen LogP contribution < -0.4 is 14.2 Å². The van der Waals surface area contributed by atoms with E-state index in [0.717, 1.165) is 32.4 Å². The highest BCUT2D eigenvalue weighted by Crippen LogP contribution is 2.42. The highest BCUT2D eigenvalue weighted by atomic mass is 16.5. The van der Waals surface area contributed by atoms with Gasteiger partial charge >= 0.3 is 0 Å². The Kier molecular flexibility index (Phi) is 11.3. The molecule has 2 aliphatic rings. The number of ketones is 1. The molecule has 9 heteroatoms. The highest BCUT2D eigenvalue weighted by Gasteiger charge is 2.46. The zero-order valence-corrected chi connectivity index (χ0v) is 25.3. The van der Waals surface area contributed by atoms with E-state index in [1.165, 1.54) is 0 Å². The summed E-state index contributed by atoms with van der Waals surface area (Å²) >= 11 is 0. The first kappa shape index (κ1) is 31.4. The first-order valence-electron chi connectivity index (χ1n) is 15.0. The minimum atomic E-state index is -0.786. The monoisotopic (exact) mass is 580 g/mol. The van der Waals surface area contributed by atoms with Gasteiger partial charge in [-0.1, -0.05) is 39.7 Å². The van der Waals surface area contributed by atoms with Crippen LogP contribution in [0.2, 0.25) is 0 Å². The fourth-order valence-electron chi connectivity index (χ4n) is 5.17. The lowest BCUT2D eigenvalue weighted by molar-refractivity contribution is -0.140. The SMILES string of the molecule is CCCCCOc1ccc(C2/C(=C(\O)c3ccc(OCC(C)C)cc3)C(=O)C(=O)N2CCN2CCOCC2)cc1OC. The molecule has 0 bridgehead atoms. The Morgan fingerprint density at radius 1 is 1.00 bits per heavy atom. The van der Waals surface area contributed by atoms with Gasteiger partial charge in [-0.05, 0) is 54.3 Å². The van der Waals surface area contributed by atoms with E-state index in [9.17, 15) is 14.7 Å². The van der Waals surface area contributed by atoms with E-state index < -0.39 is 17.7 Å². The molecule has 2 aromatic carbocycles. The number of aliphatic hydroxyl groups is 1. The van der Waals surface area contributed by atoms with Crippen LogP contribution in [0.3, 0.4) is 0 Å². The Bertz CT molecular complexity index is 1240. The van der Waals surface area contributed by atoms with Crippen molar-refractivity contribution < 1.29 is 33.6 Å². The number of nitrogens with zero attached hydrogens (tertiary/aromatic N) is 2. The summed E-state index contributed by atoms with van der Waals surface area (Å²) in [5.41, 5.74) is 1.15. The number of morpholine rings is 1. The Labute approximate surface area is 249 Å². The molecule has 0 spiro atoms. The van der Waals surface area contributed by atoms with Crippen LogP contribution in [-0.4, -0.2) is 86.3 Å². The Morgan fingerprint density at radius 2 is 1.74 bits per heavy atom. The number of methoxy groups -OCH3 is 1. The van der Waals surface area contributed by atoms with E-state index in [1.54, 1.807) is 42.3 Å². The lowest BCUT2D eigenvalue weighted by Crippen LogP contribution is -2.42. The topological polar surface area (TPSA) is 97.8 Å². The molecule has 2 fully saturated rings. The van der Waals surface area contributed by atoms with E-state index in [1.807, 2.05) is 12.1 Å². The average Bonchev–Trinajstić information content (AvgIpc) is 3.26. The minimum absolute atomic E-state index is 0.0523. The summed E-state index contributed by atoms with van der Waals surface area (Å²) in [6.07, 6.45) is 3.10. The van der Waals surface area contributed by atoms with Crippen molar-refractivity contribution in [1.29, 1.82) is 0 Å². The van der Waals surface area contributed by atoms with Gasteiger partial charge in [0.15, 0.2) is 11.5 Å². The number of ether oxygens (including phenoxy) is 4. The summed E-state index contributed by atoms with van der Waals surface area (Å²) in [7, 11) is 1.57. The molecule has 0 aliphatic carbocycles. The van der Waals surface area contributed by atoms with E-state index in [0.29, 0.717) is 73.8 Å². The van der Waals surface area contributed by atoms with Gasteiger partial charge in [-0.25, -0.2) is 0 Å². The molecule has 228 valence electrons. The second-order valence-corrected chi connectivity index (χ2v) is 11.1. The zero-order chi connectivity index (χ0) is 30.1. The first-order valence-corrected chi connectivity index (χ1v) is 15.0. The first-order chi connectivity index (χ1) is 20.3. The van der Waals surface area contributed by atoms with Crippen LogP contribution in [0.25, 0.3) is 5.76 Å². The molecule has 42 heavy (non-hydrogen) atoms. The normalized spacial score (nSPS) is 19.0. The Morgan fingerprint density at radius 3 is 2.40 bits per heavy atom. The average molecular weight is 581 g/mol. The van der Waals surface area contributed by atoms with Crippen molar-refractivity contribution in [2.45, 2.75) is 46.1 Å². The molecular weight excluding hydrogens is 536 g/mol. The molecular formula is C33H44N2O7. The largest absolute Gasteiger partial charge is 0.507 e. The van der Waals surface area contributed by atoms with Gasteiger partial charge in [-0.15, -0.1) is 0 Å².